The van der Waals surface area contributed by atoms with Crippen molar-refractivity contribution in [2.45, 2.75) is 38.3 Å². The van der Waals surface area contributed by atoms with Crippen LogP contribution in [0.4, 0.5) is 0 Å². The maximum atomic E-state index is 13.0. The fourth-order valence-corrected chi connectivity index (χ4v) is 3.88. The van der Waals surface area contributed by atoms with Gasteiger partial charge in [0.25, 0.3) is 5.91 Å². The van der Waals surface area contributed by atoms with Crippen LogP contribution in [0.3, 0.4) is 0 Å². The molecule has 1 saturated carbocycles. The number of hydrogen-bond donors (Lipinski definition) is 0. The lowest BCUT2D eigenvalue weighted by Crippen LogP contribution is -2.51. The molecule has 2 fully saturated rings. The highest BCUT2D eigenvalue weighted by Crippen LogP contribution is 2.30. The van der Waals surface area contributed by atoms with Gasteiger partial charge in [0.15, 0.2) is 5.69 Å². The van der Waals surface area contributed by atoms with Crippen LogP contribution in [0.1, 0.15) is 35.3 Å². The van der Waals surface area contributed by atoms with Gasteiger partial charge in [0, 0.05) is 12.7 Å². The molecule has 2 heterocycles. The lowest BCUT2D eigenvalue weighted by atomic mass is 10.1. The van der Waals surface area contributed by atoms with Crippen LogP contribution in [-0.2, 0) is 4.74 Å². The van der Waals surface area contributed by atoms with E-state index in [1.165, 1.54) is 0 Å². The number of hydrogen-bond acceptors (Lipinski definition) is 4. The zero-order valence-electron chi connectivity index (χ0n) is 14.6. The number of fused-ring (bicyclic) bond motifs is 1. The molecule has 4 rings (SSSR count). The second-order valence-corrected chi connectivity index (χ2v) is 6.73. The van der Waals surface area contributed by atoms with Crippen molar-refractivity contribution in [3.05, 3.63) is 41.7 Å². The number of aromatic nitrogens is 2. The molecule has 0 N–H and O–H groups in total. The summed E-state index contributed by atoms with van der Waals surface area (Å²) in [7, 11) is 1.64. The van der Waals surface area contributed by atoms with Crippen LogP contribution >= 0.6 is 0 Å². The Balaban J connectivity index is 1.61. The predicted octanol–water partition coefficient (Wildman–Crippen LogP) is 2.58. The van der Waals surface area contributed by atoms with Crippen LogP contribution in [0.5, 0.6) is 5.75 Å². The fraction of sp³-hybridized carbons (Fsp3) is 0.474. The van der Waals surface area contributed by atoms with E-state index in [4.69, 9.17) is 9.47 Å². The van der Waals surface area contributed by atoms with E-state index in [2.05, 4.69) is 5.10 Å². The topological polar surface area (TPSA) is 56.6 Å². The molecule has 0 unspecified atom stereocenters. The third-order valence-corrected chi connectivity index (χ3v) is 5.13. The quantitative estimate of drug-likeness (QED) is 0.861. The van der Waals surface area contributed by atoms with Gasteiger partial charge in [-0.15, -0.1) is 0 Å². The first-order valence-electron chi connectivity index (χ1n) is 8.80. The number of carbonyl (C=O) groups excluding carboxylic acids is 1. The van der Waals surface area contributed by atoms with E-state index in [0.717, 1.165) is 36.3 Å². The van der Waals surface area contributed by atoms with Gasteiger partial charge in [-0.25, -0.2) is 4.68 Å². The zero-order valence-corrected chi connectivity index (χ0v) is 14.6. The van der Waals surface area contributed by atoms with Crippen molar-refractivity contribution < 1.29 is 14.3 Å². The summed E-state index contributed by atoms with van der Waals surface area (Å²) in [5.74, 6) is 0.723. The van der Waals surface area contributed by atoms with Crippen LogP contribution in [0.25, 0.3) is 5.69 Å². The minimum absolute atomic E-state index is 0.00873. The van der Waals surface area contributed by atoms with Gasteiger partial charge in [-0.1, -0.05) is 6.07 Å². The summed E-state index contributed by atoms with van der Waals surface area (Å²) in [5.41, 5.74) is 2.42. The zero-order chi connectivity index (χ0) is 17.4. The maximum absolute atomic E-state index is 13.0. The number of aryl methyl sites for hydroxylation is 1. The van der Waals surface area contributed by atoms with E-state index in [1.807, 2.05) is 36.2 Å². The van der Waals surface area contributed by atoms with Gasteiger partial charge in [-0.2, -0.15) is 5.10 Å². The smallest absolute Gasteiger partial charge is 0.274 e. The van der Waals surface area contributed by atoms with Crippen LogP contribution in [0.2, 0.25) is 0 Å². The van der Waals surface area contributed by atoms with Crippen molar-refractivity contribution in [1.29, 1.82) is 0 Å². The Kier molecular flexibility index (Phi) is 4.21. The van der Waals surface area contributed by atoms with Gasteiger partial charge in [0.2, 0.25) is 0 Å². The van der Waals surface area contributed by atoms with Crippen molar-refractivity contribution in [2.75, 3.05) is 20.3 Å². The standard InChI is InChI=1S/C19H23N3O3/c1-13-6-7-17(24-2)16(12-13)22-9-8-14(20-22)19(23)21-10-11-25-18-5-3-4-15(18)21/h6-9,12,15,18H,3-5,10-11H2,1-2H3/t15-,18-/m0/s1. The minimum Gasteiger partial charge on any atom is -0.494 e. The number of ether oxygens (including phenoxy) is 2. The largest absolute Gasteiger partial charge is 0.494 e. The molecule has 1 aliphatic carbocycles. The average Bonchev–Trinajstić information content (AvgIpc) is 3.30. The van der Waals surface area contributed by atoms with Crippen LogP contribution in [-0.4, -0.2) is 53.0 Å². The summed E-state index contributed by atoms with van der Waals surface area (Å²) < 4.78 is 12.9. The van der Waals surface area contributed by atoms with Gasteiger partial charge in [-0.05, 0) is 49.9 Å². The Bertz CT molecular complexity index is 786. The molecule has 0 radical (unpaired) electrons. The number of morpholine rings is 1. The molecule has 2 aliphatic rings. The second kappa shape index (κ2) is 6.52. The first kappa shape index (κ1) is 16.1. The van der Waals surface area contributed by atoms with Crippen LogP contribution in [0, 0.1) is 6.92 Å². The van der Waals surface area contributed by atoms with E-state index < -0.39 is 0 Å². The van der Waals surface area contributed by atoms with Crippen molar-refractivity contribution in [3.63, 3.8) is 0 Å². The highest BCUT2D eigenvalue weighted by atomic mass is 16.5. The number of amides is 1. The summed E-state index contributed by atoms with van der Waals surface area (Å²) in [6.07, 6.45) is 5.19. The van der Waals surface area contributed by atoms with E-state index >= 15 is 0 Å². The van der Waals surface area contributed by atoms with E-state index in [9.17, 15) is 4.79 Å². The third-order valence-electron chi connectivity index (χ3n) is 5.13. The molecule has 0 spiro atoms. The Morgan fingerprint density at radius 3 is 3.04 bits per heavy atom. The Morgan fingerprint density at radius 2 is 2.20 bits per heavy atom. The molecule has 1 aromatic heterocycles. The van der Waals surface area contributed by atoms with Gasteiger partial charge < -0.3 is 14.4 Å². The number of methoxy groups -OCH3 is 1. The molecule has 2 aromatic rings. The third kappa shape index (κ3) is 2.91. The summed E-state index contributed by atoms with van der Waals surface area (Å²) in [6, 6.07) is 7.88. The molecule has 1 saturated heterocycles. The minimum atomic E-state index is -0.00873. The van der Waals surface area contributed by atoms with Gasteiger partial charge >= 0.3 is 0 Å². The molecule has 25 heavy (non-hydrogen) atoms. The number of carbonyl (C=O) groups is 1. The van der Waals surface area contributed by atoms with E-state index in [0.29, 0.717) is 18.8 Å². The van der Waals surface area contributed by atoms with Gasteiger partial charge in [0.05, 0.1) is 25.9 Å². The Hall–Kier alpha value is -2.34. The van der Waals surface area contributed by atoms with Gasteiger partial charge in [0.1, 0.15) is 11.4 Å². The maximum Gasteiger partial charge on any atom is 0.274 e. The van der Waals surface area contributed by atoms with E-state index in [1.54, 1.807) is 17.9 Å². The Morgan fingerprint density at radius 1 is 1.32 bits per heavy atom. The molecule has 0 bridgehead atoms. The van der Waals surface area contributed by atoms with Crippen LogP contribution in [0.15, 0.2) is 30.5 Å². The normalized spacial score (nSPS) is 22.7. The highest BCUT2D eigenvalue weighted by Gasteiger charge is 2.39. The molecule has 1 aliphatic heterocycles. The molecule has 1 amide bonds. The monoisotopic (exact) mass is 341 g/mol. The van der Waals surface area contributed by atoms with Crippen molar-refractivity contribution >= 4 is 5.91 Å². The Labute approximate surface area is 147 Å². The summed E-state index contributed by atoms with van der Waals surface area (Å²) >= 11 is 0. The highest BCUT2D eigenvalue weighted by molar-refractivity contribution is 5.92. The number of nitrogens with zero attached hydrogens (tertiary/aromatic N) is 3. The molecule has 6 heteroatoms. The van der Waals surface area contributed by atoms with Crippen molar-refractivity contribution in [2.24, 2.45) is 0 Å². The van der Waals surface area contributed by atoms with Crippen molar-refractivity contribution in [3.8, 4) is 11.4 Å². The molecular formula is C19H23N3O3. The summed E-state index contributed by atoms with van der Waals surface area (Å²) in [4.78, 5) is 14.9. The predicted molar refractivity (Wildman–Crippen MR) is 93.3 cm³/mol. The lowest BCUT2D eigenvalue weighted by Gasteiger charge is -2.37. The molecular weight excluding hydrogens is 318 g/mol. The number of benzene rings is 1. The van der Waals surface area contributed by atoms with E-state index in [-0.39, 0.29) is 18.1 Å². The molecule has 2 atom stereocenters. The molecule has 132 valence electrons. The molecule has 6 nitrogen and oxygen atoms in total. The van der Waals surface area contributed by atoms with Gasteiger partial charge in [-0.3, -0.25) is 4.79 Å². The van der Waals surface area contributed by atoms with Crippen molar-refractivity contribution in [1.82, 2.24) is 14.7 Å². The SMILES string of the molecule is COc1ccc(C)cc1-n1ccc(C(=O)N2CCO[C@H]3CCC[C@@H]32)n1. The summed E-state index contributed by atoms with van der Waals surface area (Å²) in [6.45, 7) is 3.27. The number of rotatable bonds is 3. The first-order valence-corrected chi connectivity index (χ1v) is 8.80. The first-order chi connectivity index (χ1) is 12.2. The second-order valence-electron chi connectivity index (χ2n) is 6.73. The lowest BCUT2D eigenvalue weighted by molar-refractivity contribution is -0.0447. The molecule has 1 aromatic carbocycles. The van der Waals surface area contributed by atoms with Crippen LogP contribution < -0.4 is 4.74 Å². The fourth-order valence-electron chi connectivity index (χ4n) is 3.88. The average molecular weight is 341 g/mol. The summed E-state index contributed by atoms with van der Waals surface area (Å²) in [5, 5.41) is 4.52.